The molecule has 0 radical (unpaired) electrons. The lowest BCUT2D eigenvalue weighted by atomic mass is 9.96. The molecule has 0 unspecified atom stereocenters. The predicted molar refractivity (Wildman–Crippen MR) is 104 cm³/mol. The normalized spacial score (nSPS) is 22.2. The first-order valence-electron chi connectivity index (χ1n) is 9.66. The van der Waals surface area contributed by atoms with E-state index in [4.69, 9.17) is 0 Å². The Balaban J connectivity index is 1.69. The van der Waals surface area contributed by atoms with Gasteiger partial charge in [-0.2, -0.15) is 5.10 Å². The van der Waals surface area contributed by atoms with Crippen LogP contribution >= 0.6 is 0 Å². The number of carbonyl (C=O) groups excluding carboxylic acids is 1. The highest BCUT2D eigenvalue weighted by atomic mass is 19.1. The number of hydrogen-bond acceptors (Lipinski definition) is 5. The van der Waals surface area contributed by atoms with Crippen LogP contribution in [0.3, 0.4) is 0 Å². The van der Waals surface area contributed by atoms with Gasteiger partial charge in [0.15, 0.2) is 11.5 Å². The Morgan fingerprint density at radius 2 is 2.11 bits per heavy atom. The molecule has 2 N–H and O–H groups in total. The highest BCUT2D eigenvalue weighted by Crippen LogP contribution is 2.40. The third kappa shape index (κ3) is 2.80. The minimum Gasteiger partial charge on any atom is -0.347 e. The molecule has 1 saturated heterocycles. The molecule has 2 atom stereocenters. The number of aromatic nitrogens is 4. The molecule has 0 aliphatic carbocycles. The number of H-pyrrole nitrogens is 1. The quantitative estimate of drug-likeness (QED) is 0.625. The fourth-order valence-corrected chi connectivity index (χ4v) is 4.25. The number of aromatic amines is 1. The first-order chi connectivity index (χ1) is 13.6. The van der Waals surface area contributed by atoms with Crippen molar-refractivity contribution in [3.8, 4) is 0 Å². The molecule has 2 bridgehead atoms. The van der Waals surface area contributed by atoms with E-state index in [1.54, 1.807) is 12.3 Å². The zero-order valence-electron chi connectivity index (χ0n) is 15.6. The summed E-state index contributed by atoms with van der Waals surface area (Å²) in [5.74, 6) is 0.189. The molecule has 1 fully saturated rings. The van der Waals surface area contributed by atoms with Crippen molar-refractivity contribution in [3.05, 3.63) is 41.6 Å². The van der Waals surface area contributed by atoms with Crippen LogP contribution in [0.1, 0.15) is 43.5 Å². The second-order valence-electron chi connectivity index (χ2n) is 7.64. The van der Waals surface area contributed by atoms with Crippen molar-refractivity contribution in [2.45, 2.75) is 38.6 Å². The third-order valence-electron chi connectivity index (χ3n) is 5.78. The van der Waals surface area contributed by atoms with Crippen molar-refractivity contribution in [2.24, 2.45) is 5.92 Å². The number of carbonyl (C=O) groups is 1. The number of nitrogens with zero attached hydrogens (tertiary/aromatic N) is 4. The number of fused-ring (bicyclic) bond motifs is 5. The third-order valence-corrected chi connectivity index (χ3v) is 5.78. The summed E-state index contributed by atoms with van der Waals surface area (Å²) in [4.78, 5) is 23.6. The lowest BCUT2D eigenvalue weighted by molar-refractivity contribution is -0.119. The standard InChI is InChI=1S/C20H21FN6O/c1-11-4-5-16-14(7-12(21)9-22-16)17-3-2-6-27(17)19-15-8-13(24-20(11)28)10-23-18(15)25-26-19/h7-11,17H,2-6H2,1H3,(H,24,28)(H,23,25,26)/t11-,17-/m1/s1. The van der Waals surface area contributed by atoms with Crippen LogP contribution in [0.15, 0.2) is 24.5 Å². The molecule has 0 aromatic carbocycles. The molecule has 5 rings (SSSR count). The summed E-state index contributed by atoms with van der Waals surface area (Å²) in [6.45, 7) is 2.73. The van der Waals surface area contributed by atoms with Crippen molar-refractivity contribution >= 4 is 28.4 Å². The van der Waals surface area contributed by atoms with Gasteiger partial charge in [-0.1, -0.05) is 6.92 Å². The molecule has 2 aliphatic rings. The van der Waals surface area contributed by atoms with Gasteiger partial charge in [0, 0.05) is 18.2 Å². The van der Waals surface area contributed by atoms with E-state index in [9.17, 15) is 9.18 Å². The van der Waals surface area contributed by atoms with E-state index in [0.717, 1.165) is 41.8 Å². The minimum absolute atomic E-state index is 0.00748. The molecule has 5 heterocycles. The smallest absolute Gasteiger partial charge is 0.227 e. The molecule has 7 nitrogen and oxygen atoms in total. The van der Waals surface area contributed by atoms with Crippen LogP contribution in [0.5, 0.6) is 0 Å². The molecule has 28 heavy (non-hydrogen) atoms. The number of rotatable bonds is 0. The van der Waals surface area contributed by atoms with Crippen molar-refractivity contribution in [2.75, 3.05) is 16.8 Å². The summed E-state index contributed by atoms with van der Waals surface area (Å²) in [6.07, 6.45) is 6.08. The van der Waals surface area contributed by atoms with Crippen LogP contribution < -0.4 is 10.2 Å². The number of amides is 1. The summed E-state index contributed by atoms with van der Waals surface area (Å²) >= 11 is 0. The van der Waals surface area contributed by atoms with E-state index in [1.165, 1.54) is 6.20 Å². The monoisotopic (exact) mass is 380 g/mol. The van der Waals surface area contributed by atoms with Gasteiger partial charge in [-0.15, -0.1) is 0 Å². The molecular weight excluding hydrogens is 359 g/mol. The van der Waals surface area contributed by atoms with E-state index >= 15 is 0 Å². The zero-order valence-corrected chi connectivity index (χ0v) is 15.6. The largest absolute Gasteiger partial charge is 0.347 e. The molecule has 3 aromatic rings. The number of hydrogen-bond donors (Lipinski definition) is 2. The van der Waals surface area contributed by atoms with Gasteiger partial charge in [-0.25, -0.2) is 9.37 Å². The molecule has 144 valence electrons. The average Bonchev–Trinajstić information content (AvgIpc) is 3.32. The van der Waals surface area contributed by atoms with Crippen molar-refractivity contribution in [3.63, 3.8) is 0 Å². The average molecular weight is 380 g/mol. The maximum Gasteiger partial charge on any atom is 0.227 e. The Kier molecular flexibility index (Phi) is 3.99. The Hall–Kier alpha value is -3.03. The van der Waals surface area contributed by atoms with Crippen molar-refractivity contribution in [1.82, 2.24) is 20.2 Å². The zero-order chi connectivity index (χ0) is 19.3. The van der Waals surface area contributed by atoms with Crippen LogP contribution in [0.25, 0.3) is 11.0 Å². The van der Waals surface area contributed by atoms with Gasteiger partial charge in [0.05, 0.1) is 29.5 Å². The van der Waals surface area contributed by atoms with Gasteiger partial charge < -0.3 is 10.2 Å². The van der Waals surface area contributed by atoms with Crippen molar-refractivity contribution in [1.29, 1.82) is 0 Å². The van der Waals surface area contributed by atoms with Crippen LogP contribution in [0.2, 0.25) is 0 Å². The fourth-order valence-electron chi connectivity index (χ4n) is 4.25. The van der Waals surface area contributed by atoms with E-state index in [0.29, 0.717) is 24.2 Å². The van der Waals surface area contributed by atoms with Crippen LogP contribution in [0, 0.1) is 11.7 Å². The lowest BCUT2D eigenvalue weighted by Crippen LogP contribution is -2.25. The maximum absolute atomic E-state index is 14.1. The first-order valence-corrected chi connectivity index (χ1v) is 9.66. The second-order valence-corrected chi connectivity index (χ2v) is 7.64. The van der Waals surface area contributed by atoms with Gasteiger partial charge in [0.1, 0.15) is 5.82 Å². The van der Waals surface area contributed by atoms with Gasteiger partial charge in [-0.3, -0.25) is 14.9 Å². The summed E-state index contributed by atoms with van der Waals surface area (Å²) in [6, 6.07) is 3.51. The Morgan fingerprint density at radius 1 is 1.21 bits per heavy atom. The first kappa shape index (κ1) is 17.1. The number of aryl methyl sites for hydroxylation is 1. The van der Waals surface area contributed by atoms with Crippen LogP contribution in [-0.4, -0.2) is 32.6 Å². The van der Waals surface area contributed by atoms with Gasteiger partial charge >= 0.3 is 0 Å². The molecule has 3 aromatic heterocycles. The maximum atomic E-state index is 14.1. The summed E-state index contributed by atoms with van der Waals surface area (Å²) in [5.41, 5.74) is 3.07. The van der Waals surface area contributed by atoms with Gasteiger partial charge in [0.25, 0.3) is 0 Å². The number of anilines is 2. The Morgan fingerprint density at radius 3 is 3.00 bits per heavy atom. The van der Waals surface area contributed by atoms with Crippen LogP contribution in [-0.2, 0) is 11.2 Å². The summed E-state index contributed by atoms with van der Waals surface area (Å²) in [5, 5.41) is 11.3. The number of pyridine rings is 2. The molecule has 0 saturated carbocycles. The van der Waals surface area contributed by atoms with Gasteiger partial charge in [-0.05, 0) is 43.4 Å². The molecular formula is C20H21FN6O. The Bertz CT molecular complexity index is 1060. The van der Waals surface area contributed by atoms with E-state index in [-0.39, 0.29) is 23.7 Å². The highest BCUT2D eigenvalue weighted by Gasteiger charge is 2.32. The Labute approximate surface area is 161 Å². The van der Waals surface area contributed by atoms with Crippen molar-refractivity contribution < 1.29 is 9.18 Å². The summed E-state index contributed by atoms with van der Waals surface area (Å²) < 4.78 is 14.1. The second kappa shape index (κ2) is 6.54. The minimum atomic E-state index is -0.337. The molecule has 1 amide bonds. The molecule has 0 spiro atoms. The lowest BCUT2D eigenvalue weighted by Gasteiger charge is -2.26. The number of nitrogens with one attached hydrogen (secondary N) is 2. The molecule has 2 aliphatic heterocycles. The van der Waals surface area contributed by atoms with E-state index in [2.05, 4.69) is 30.4 Å². The van der Waals surface area contributed by atoms with Gasteiger partial charge in [0.2, 0.25) is 5.91 Å². The van der Waals surface area contributed by atoms with Crippen LogP contribution in [0.4, 0.5) is 15.9 Å². The topological polar surface area (TPSA) is 86.8 Å². The summed E-state index contributed by atoms with van der Waals surface area (Å²) in [7, 11) is 0. The predicted octanol–water partition coefficient (Wildman–Crippen LogP) is 3.35. The molecule has 8 heteroatoms. The highest BCUT2D eigenvalue weighted by molar-refractivity contribution is 5.96. The number of halogens is 1. The van der Waals surface area contributed by atoms with E-state index < -0.39 is 0 Å². The van der Waals surface area contributed by atoms with E-state index in [1.807, 2.05) is 13.0 Å². The SMILES string of the molecule is C[C@@H]1CCc2ncc(F)cc2[C@H]2CCCN2c2n[nH]c3ncc(cc23)NC1=O. The fraction of sp³-hybridized carbons (Fsp3) is 0.400.